The Morgan fingerprint density at radius 3 is 2.89 bits per heavy atom. The predicted octanol–water partition coefficient (Wildman–Crippen LogP) is 3.47. The number of thiophene rings is 1. The van der Waals surface area contributed by atoms with Crippen molar-refractivity contribution in [1.29, 1.82) is 0 Å². The Morgan fingerprint density at radius 2 is 2.11 bits per heavy atom. The van der Waals surface area contributed by atoms with Crippen LogP contribution in [0.4, 0.5) is 5.69 Å². The smallest absolute Gasteiger partial charge is 0.0441 e. The topological polar surface area (TPSA) is 15.3 Å². The molecule has 0 saturated carbocycles. The van der Waals surface area contributed by atoms with Crippen LogP contribution >= 0.6 is 11.3 Å². The summed E-state index contributed by atoms with van der Waals surface area (Å²) in [6.45, 7) is 8.56. The Morgan fingerprint density at radius 1 is 1.26 bits per heavy atom. The molecule has 0 unspecified atom stereocenters. The van der Waals surface area contributed by atoms with E-state index < -0.39 is 0 Å². The first kappa shape index (κ1) is 12.7. The molecule has 0 aliphatic carbocycles. The van der Waals surface area contributed by atoms with Gasteiger partial charge >= 0.3 is 0 Å². The van der Waals surface area contributed by atoms with Crippen LogP contribution < -0.4 is 10.2 Å². The molecule has 1 aliphatic rings. The Hall–Kier alpha value is -1.32. The minimum absolute atomic E-state index is 0.980. The van der Waals surface area contributed by atoms with Gasteiger partial charge in [0.05, 0.1) is 0 Å². The van der Waals surface area contributed by atoms with Gasteiger partial charge in [0, 0.05) is 41.6 Å². The molecule has 1 aromatic carbocycles. The molecule has 0 radical (unpaired) electrons. The molecule has 0 bridgehead atoms. The van der Waals surface area contributed by atoms with Gasteiger partial charge in [0.2, 0.25) is 0 Å². The molecular formula is C16H20N2S. The maximum atomic E-state index is 3.50. The molecule has 2 nitrogen and oxygen atoms in total. The molecule has 1 aromatic heterocycles. The average molecular weight is 272 g/mol. The number of anilines is 1. The van der Waals surface area contributed by atoms with Gasteiger partial charge in [-0.15, -0.1) is 11.3 Å². The van der Waals surface area contributed by atoms with Gasteiger partial charge in [-0.2, -0.15) is 0 Å². The lowest BCUT2D eigenvalue weighted by Gasteiger charge is -2.24. The molecule has 19 heavy (non-hydrogen) atoms. The summed E-state index contributed by atoms with van der Waals surface area (Å²) in [6, 6.07) is 11.1. The normalized spacial score (nSPS) is 15.2. The van der Waals surface area contributed by atoms with E-state index in [2.05, 4.69) is 54.4 Å². The van der Waals surface area contributed by atoms with E-state index in [0.717, 1.165) is 26.2 Å². The van der Waals surface area contributed by atoms with Crippen LogP contribution in [0.3, 0.4) is 0 Å². The number of aryl methyl sites for hydroxylation is 2. The summed E-state index contributed by atoms with van der Waals surface area (Å²) in [5.74, 6) is 0. The number of fused-ring (bicyclic) bond motifs is 1. The summed E-state index contributed by atoms with van der Waals surface area (Å²) in [4.78, 5) is 5.37. The fourth-order valence-electron chi connectivity index (χ4n) is 2.74. The fraction of sp³-hybridized carbons (Fsp3) is 0.375. The maximum absolute atomic E-state index is 3.50. The molecule has 0 amide bonds. The molecule has 0 saturated heterocycles. The van der Waals surface area contributed by atoms with E-state index in [0.29, 0.717) is 0 Å². The average Bonchev–Trinajstić information content (AvgIpc) is 2.61. The van der Waals surface area contributed by atoms with Crippen LogP contribution in [0, 0.1) is 13.8 Å². The van der Waals surface area contributed by atoms with Crippen molar-refractivity contribution >= 4 is 17.0 Å². The highest BCUT2D eigenvalue weighted by Gasteiger charge is 2.16. The van der Waals surface area contributed by atoms with Crippen LogP contribution in [0.5, 0.6) is 0 Å². The van der Waals surface area contributed by atoms with Gasteiger partial charge in [-0.25, -0.2) is 0 Å². The number of hydrogen-bond acceptors (Lipinski definition) is 3. The summed E-state index contributed by atoms with van der Waals surface area (Å²) in [5, 5.41) is 3.50. The van der Waals surface area contributed by atoms with Gasteiger partial charge in [-0.05, 0) is 37.1 Å². The third kappa shape index (κ3) is 2.67. The van der Waals surface area contributed by atoms with Crippen molar-refractivity contribution in [2.75, 3.05) is 18.0 Å². The summed E-state index contributed by atoms with van der Waals surface area (Å²) >= 11 is 1.90. The molecule has 1 N–H and O–H groups in total. The SMILES string of the molecule is Cc1cc(CN2CCNCc3ccccc32)c(C)s1. The number of rotatable bonds is 2. The van der Waals surface area contributed by atoms with E-state index in [1.807, 2.05) is 11.3 Å². The highest BCUT2D eigenvalue weighted by atomic mass is 32.1. The molecule has 1 aliphatic heterocycles. The summed E-state index contributed by atoms with van der Waals surface area (Å²) in [6.07, 6.45) is 0. The summed E-state index contributed by atoms with van der Waals surface area (Å²) < 4.78 is 0. The van der Waals surface area contributed by atoms with E-state index in [9.17, 15) is 0 Å². The highest BCUT2D eigenvalue weighted by molar-refractivity contribution is 7.12. The molecule has 3 heteroatoms. The maximum Gasteiger partial charge on any atom is 0.0441 e. The molecule has 0 spiro atoms. The van der Waals surface area contributed by atoms with Gasteiger partial charge in [0.1, 0.15) is 0 Å². The Balaban J connectivity index is 1.90. The van der Waals surface area contributed by atoms with E-state index in [-0.39, 0.29) is 0 Å². The van der Waals surface area contributed by atoms with Crippen LogP contribution in [0.15, 0.2) is 30.3 Å². The standard InChI is InChI=1S/C16H20N2S/c1-12-9-15(13(2)19-12)11-18-8-7-17-10-14-5-3-4-6-16(14)18/h3-6,9,17H,7-8,10-11H2,1-2H3. The van der Waals surface area contributed by atoms with Gasteiger partial charge in [-0.3, -0.25) is 0 Å². The second-order valence-corrected chi connectivity index (χ2v) is 6.63. The Labute approximate surface area is 119 Å². The number of hydrogen-bond donors (Lipinski definition) is 1. The molecule has 0 atom stereocenters. The molecule has 2 aromatic rings. The van der Waals surface area contributed by atoms with Crippen LogP contribution in [0.1, 0.15) is 20.9 Å². The first-order valence-corrected chi connectivity index (χ1v) is 7.65. The van der Waals surface area contributed by atoms with Crippen LogP contribution in [0.2, 0.25) is 0 Å². The second kappa shape index (κ2) is 5.35. The monoisotopic (exact) mass is 272 g/mol. The molecule has 3 rings (SSSR count). The van der Waals surface area contributed by atoms with E-state index in [1.165, 1.54) is 26.6 Å². The van der Waals surface area contributed by atoms with Crippen molar-refractivity contribution in [3.8, 4) is 0 Å². The van der Waals surface area contributed by atoms with E-state index in [1.54, 1.807) is 0 Å². The molecule has 100 valence electrons. The van der Waals surface area contributed by atoms with Crippen molar-refractivity contribution in [3.63, 3.8) is 0 Å². The predicted molar refractivity (Wildman–Crippen MR) is 83.0 cm³/mol. The molecule has 0 fully saturated rings. The minimum atomic E-state index is 0.980. The number of para-hydroxylation sites is 1. The van der Waals surface area contributed by atoms with Gasteiger partial charge < -0.3 is 10.2 Å². The van der Waals surface area contributed by atoms with E-state index >= 15 is 0 Å². The van der Waals surface area contributed by atoms with Crippen LogP contribution in [0.25, 0.3) is 0 Å². The molecule has 2 heterocycles. The van der Waals surface area contributed by atoms with Crippen molar-refractivity contribution < 1.29 is 0 Å². The van der Waals surface area contributed by atoms with Crippen LogP contribution in [-0.2, 0) is 13.1 Å². The first-order valence-electron chi connectivity index (χ1n) is 6.83. The van der Waals surface area contributed by atoms with Crippen molar-refractivity contribution in [2.45, 2.75) is 26.9 Å². The largest absolute Gasteiger partial charge is 0.366 e. The van der Waals surface area contributed by atoms with Crippen molar-refractivity contribution in [2.24, 2.45) is 0 Å². The second-order valence-electron chi connectivity index (χ2n) is 5.17. The van der Waals surface area contributed by atoms with E-state index in [4.69, 9.17) is 0 Å². The zero-order chi connectivity index (χ0) is 13.2. The Kier molecular flexibility index (Phi) is 3.58. The quantitative estimate of drug-likeness (QED) is 0.900. The number of benzene rings is 1. The third-order valence-corrected chi connectivity index (χ3v) is 4.72. The highest BCUT2D eigenvalue weighted by Crippen LogP contribution is 2.27. The van der Waals surface area contributed by atoms with Gasteiger partial charge in [0.15, 0.2) is 0 Å². The van der Waals surface area contributed by atoms with Crippen molar-refractivity contribution in [1.82, 2.24) is 5.32 Å². The third-order valence-electron chi connectivity index (χ3n) is 3.71. The van der Waals surface area contributed by atoms with Gasteiger partial charge in [-0.1, -0.05) is 18.2 Å². The van der Waals surface area contributed by atoms with Gasteiger partial charge in [0.25, 0.3) is 0 Å². The van der Waals surface area contributed by atoms with Crippen molar-refractivity contribution in [3.05, 3.63) is 51.2 Å². The lowest BCUT2D eigenvalue weighted by molar-refractivity contribution is 0.688. The number of nitrogens with one attached hydrogen (secondary N) is 1. The summed E-state index contributed by atoms with van der Waals surface area (Å²) in [7, 11) is 0. The first-order chi connectivity index (χ1) is 9.24. The zero-order valence-corrected chi connectivity index (χ0v) is 12.4. The Bertz CT molecular complexity index is 574. The lowest BCUT2D eigenvalue weighted by atomic mass is 10.1. The zero-order valence-electron chi connectivity index (χ0n) is 11.6. The number of nitrogens with zero attached hydrogens (tertiary/aromatic N) is 1. The fourth-order valence-corrected chi connectivity index (χ4v) is 3.68. The minimum Gasteiger partial charge on any atom is -0.366 e. The lowest BCUT2D eigenvalue weighted by Crippen LogP contribution is -2.28. The molecular weight excluding hydrogens is 252 g/mol. The van der Waals surface area contributed by atoms with Crippen LogP contribution in [-0.4, -0.2) is 13.1 Å². The summed E-state index contributed by atoms with van der Waals surface area (Å²) in [5.41, 5.74) is 4.26.